The molecule has 0 atom stereocenters. The molecule has 0 aliphatic heterocycles. The molecule has 0 fully saturated rings. The maximum absolute atomic E-state index is 12.2. The van der Waals surface area contributed by atoms with Gasteiger partial charge in [-0.05, 0) is 41.3 Å². The van der Waals surface area contributed by atoms with Crippen LogP contribution in [0.4, 0.5) is 0 Å². The summed E-state index contributed by atoms with van der Waals surface area (Å²) in [5.74, 6) is -0.717. The highest BCUT2D eigenvalue weighted by molar-refractivity contribution is 7.12. The molecule has 7 nitrogen and oxygen atoms in total. The first-order valence-corrected chi connectivity index (χ1v) is 9.10. The van der Waals surface area contributed by atoms with Gasteiger partial charge in [0.25, 0.3) is 11.8 Å². The molecule has 0 saturated carbocycles. The maximum Gasteiger partial charge on any atom is 0.279 e. The molecular weight excluding hydrogens is 362 g/mol. The monoisotopic (exact) mass is 377 g/mol. The summed E-state index contributed by atoms with van der Waals surface area (Å²) in [7, 11) is 0. The summed E-state index contributed by atoms with van der Waals surface area (Å²) in [6.45, 7) is 0.553. The first-order chi connectivity index (χ1) is 13.2. The number of carbonyl (C=O) groups is 2. The molecule has 4 rings (SSSR count). The number of hydrogen-bond acceptors (Lipinski definition) is 5. The van der Waals surface area contributed by atoms with Crippen LogP contribution in [0, 0.1) is 0 Å². The Morgan fingerprint density at radius 3 is 2.48 bits per heavy atom. The molecule has 0 radical (unpaired) electrons. The fourth-order valence-electron chi connectivity index (χ4n) is 2.62. The molecule has 2 aromatic heterocycles. The van der Waals surface area contributed by atoms with Crippen LogP contribution in [-0.2, 0) is 6.54 Å². The van der Waals surface area contributed by atoms with Crippen molar-refractivity contribution in [3.8, 4) is 0 Å². The van der Waals surface area contributed by atoms with E-state index in [1.54, 1.807) is 29.6 Å². The van der Waals surface area contributed by atoms with Crippen LogP contribution in [0.15, 0.2) is 66.0 Å². The highest BCUT2D eigenvalue weighted by Crippen LogP contribution is 2.13. The second kappa shape index (κ2) is 7.38. The van der Waals surface area contributed by atoms with E-state index in [2.05, 4.69) is 21.2 Å². The largest absolute Gasteiger partial charge is 0.279 e. The Kier molecular flexibility index (Phi) is 4.63. The fraction of sp³-hybridized carbons (Fsp3) is 0.0526. The van der Waals surface area contributed by atoms with Gasteiger partial charge in [-0.1, -0.05) is 35.5 Å². The van der Waals surface area contributed by atoms with Gasteiger partial charge in [-0.25, -0.2) is 4.68 Å². The standard InChI is InChI=1S/C19H15N5O2S/c25-18(21-22-19(26)17-6-3-11-27-17)14-9-7-13(8-10-14)12-24-16-5-2-1-4-15(16)20-23-24/h1-11H,12H2,(H,21,25)(H,22,26). The minimum Gasteiger partial charge on any atom is -0.267 e. The van der Waals surface area contributed by atoms with Crippen molar-refractivity contribution >= 4 is 34.2 Å². The zero-order chi connectivity index (χ0) is 18.6. The number of amides is 2. The molecule has 4 aromatic rings. The third-order valence-corrected chi connectivity index (χ3v) is 4.87. The van der Waals surface area contributed by atoms with Crippen molar-refractivity contribution in [1.29, 1.82) is 0 Å². The smallest absolute Gasteiger partial charge is 0.267 e. The van der Waals surface area contributed by atoms with E-state index in [4.69, 9.17) is 0 Å². The number of carbonyl (C=O) groups excluding carboxylic acids is 2. The third kappa shape index (κ3) is 3.70. The Morgan fingerprint density at radius 2 is 1.70 bits per heavy atom. The molecule has 134 valence electrons. The van der Waals surface area contributed by atoms with Crippen molar-refractivity contribution < 1.29 is 9.59 Å². The molecule has 0 unspecified atom stereocenters. The molecule has 2 aromatic carbocycles. The predicted molar refractivity (Wildman–Crippen MR) is 102 cm³/mol. The number of nitrogens with one attached hydrogen (secondary N) is 2. The van der Waals surface area contributed by atoms with E-state index in [9.17, 15) is 9.59 Å². The van der Waals surface area contributed by atoms with Crippen LogP contribution < -0.4 is 10.9 Å². The van der Waals surface area contributed by atoms with E-state index < -0.39 is 0 Å². The van der Waals surface area contributed by atoms with Crippen LogP contribution in [0.1, 0.15) is 25.6 Å². The van der Waals surface area contributed by atoms with Gasteiger partial charge in [0.1, 0.15) is 5.52 Å². The molecule has 0 aliphatic rings. The number of thiophene rings is 1. The molecular formula is C19H15N5O2S. The quantitative estimate of drug-likeness (QED) is 0.535. The molecule has 0 bridgehead atoms. The van der Waals surface area contributed by atoms with Crippen molar-refractivity contribution in [2.45, 2.75) is 6.54 Å². The lowest BCUT2D eigenvalue weighted by atomic mass is 10.1. The summed E-state index contributed by atoms with van der Waals surface area (Å²) < 4.78 is 1.81. The normalized spacial score (nSPS) is 10.7. The lowest BCUT2D eigenvalue weighted by molar-refractivity contribution is 0.0849. The number of para-hydroxylation sites is 1. The van der Waals surface area contributed by atoms with E-state index in [1.165, 1.54) is 11.3 Å². The van der Waals surface area contributed by atoms with Gasteiger partial charge in [-0.2, -0.15) is 0 Å². The summed E-state index contributed by atoms with van der Waals surface area (Å²) in [4.78, 5) is 24.6. The first kappa shape index (κ1) is 16.9. The Hall–Kier alpha value is -3.52. The maximum atomic E-state index is 12.2. The van der Waals surface area contributed by atoms with E-state index >= 15 is 0 Å². The second-order valence-electron chi connectivity index (χ2n) is 5.82. The summed E-state index contributed by atoms with van der Waals surface area (Å²) in [6.07, 6.45) is 0. The molecule has 0 saturated heterocycles. The van der Waals surface area contributed by atoms with Crippen molar-refractivity contribution in [1.82, 2.24) is 25.8 Å². The van der Waals surface area contributed by atoms with E-state index in [0.717, 1.165) is 16.6 Å². The number of fused-ring (bicyclic) bond motifs is 1. The van der Waals surface area contributed by atoms with Gasteiger partial charge in [-0.15, -0.1) is 16.4 Å². The molecule has 0 aliphatic carbocycles. The summed E-state index contributed by atoms with van der Waals surface area (Å²) in [5, 5.41) is 10.1. The number of hydrogen-bond donors (Lipinski definition) is 2. The molecule has 0 spiro atoms. The van der Waals surface area contributed by atoms with Gasteiger partial charge in [0.15, 0.2) is 0 Å². The van der Waals surface area contributed by atoms with Gasteiger partial charge in [0, 0.05) is 5.56 Å². The van der Waals surface area contributed by atoms with E-state index in [-0.39, 0.29) is 11.8 Å². The summed E-state index contributed by atoms with van der Waals surface area (Å²) >= 11 is 1.31. The summed E-state index contributed by atoms with van der Waals surface area (Å²) in [6, 6.07) is 18.3. The predicted octanol–water partition coefficient (Wildman–Crippen LogP) is 2.62. The van der Waals surface area contributed by atoms with Gasteiger partial charge >= 0.3 is 0 Å². The molecule has 8 heteroatoms. The van der Waals surface area contributed by atoms with Crippen LogP contribution in [0.3, 0.4) is 0 Å². The number of aromatic nitrogens is 3. The van der Waals surface area contributed by atoms with Crippen LogP contribution >= 0.6 is 11.3 Å². The zero-order valence-corrected chi connectivity index (χ0v) is 14.9. The number of rotatable bonds is 4. The van der Waals surface area contributed by atoms with Crippen molar-refractivity contribution in [2.24, 2.45) is 0 Å². The average molecular weight is 377 g/mol. The van der Waals surface area contributed by atoms with Gasteiger partial charge in [0.05, 0.1) is 16.9 Å². The summed E-state index contributed by atoms with van der Waals surface area (Å²) in [5.41, 5.74) is 8.06. The van der Waals surface area contributed by atoms with Crippen molar-refractivity contribution in [2.75, 3.05) is 0 Å². The van der Waals surface area contributed by atoms with Crippen molar-refractivity contribution in [3.63, 3.8) is 0 Å². The minimum atomic E-state index is -0.377. The van der Waals surface area contributed by atoms with Crippen LogP contribution in [-0.4, -0.2) is 26.8 Å². The Morgan fingerprint density at radius 1 is 0.926 bits per heavy atom. The highest BCUT2D eigenvalue weighted by Gasteiger charge is 2.10. The van der Waals surface area contributed by atoms with Gasteiger partial charge in [-0.3, -0.25) is 20.4 Å². The first-order valence-electron chi connectivity index (χ1n) is 8.22. The average Bonchev–Trinajstić information content (AvgIpc) is 3.37. The number of benzene rings is 2. The Bertz CT molecular complexity index is 1090. The van der Waals surface area contributed by atoms with Gasteiger partial charge in [0.2, 0.25) is 0 Å². The topological polar surface area (TPSA) is 88.9 Å². The van der Waals surface area contributed by atoms with E-state index in [1.807, 2.05) is 41.1 Å². The lowest BCUT2D eigenvalue weighted by Crippen LogP contribution is -2.41. The molecule has 2 N–H and O–H groups in total. The van der Waals surface area contributed by atoms with E-state index in [0.29, 0.717) is 17.0 Å². The fourth-order valence-corrected chi connectivity index (χ4v) is 3.24. The highest BCUT2D eigenvalue weighted by atomic mass is 32.1. The number of hydrazine groups is 1. The minimum absolute atomic E-state index is 0.340. The second-order valence-corrected chi connectivity index (χ2v) is 6.77. The Labute approximate surface area is 158 Å². The zero-order valence-electron chi connectivity index (χ0n) is 14.1. The molecule has 2 heterocycles. The number of nitrogens with zero attached hydrogens (tertiary/aromatic N) is 3. The van der Waals surface area contributed by atoms with Gasteiger partial charge < -0.3 is 0 Å². The van der Waals surface area contributed by atoms with Crippen LogP contribution in [0.5, 0.6) is 0 Å². The van der Waals surface area contributed by atoms with Crippen molar-refractivity contribution in [3.05, 3.63) is 82.0 Å². The molecule has 27 heavy (non-hydrogen) atoms. The van der Waals surface area contributed by atoms with Crippen LogP contribution in [0.25, 0.3) is 11.0 Å². The SMILES string of the molecule is O=C(NNC(=O)c1cccs1)c1ccc(Cn2nnc3ccccc32)cc1. The lowest BCUT2D eigenvalue weighted by Gasteiger charge is -2.07. The third-order valence-electron chi connectivity index (χ3n) is 4.00. The van der Waals surface area contributed by atoms with Crippen LogP contribution in [0.2, 0.25) is 0 Å². The molecule has 2 amide bonds. The Balaban J connectivity index is 1.39.